The summed E-state index contributed by atoms with van der Waals surface area (Å²) in [4.78, 5) is 0. The fourth-order valence-corrected chi connectivity index (χ4v) is 5.80. The lowest BCUT2D eigenvalue weighted by atomic mass is 9.98. The van der Waals surface area contributed by atoms with Gasteiger partial charge in [-0.1, -0.05) is 104 Å². The highest BCUT2D eigenvalue weighted by Crippen LogP contribution is 2.43. The summed E-state index contributed by atoms with van der Waals surface area (Å²) in [5.41, 5.74) is 1.25. The second-order valence-electron chi connectivity index (χ2n) is 10.8. The van der Waals surface area contributed by atoms with Crippen LogP contribution in [0.1, 0.15) is 12.5 Å². The quantitative estimate of drug-likeness (QED) is 0.113. The normalized spacial score (nSPS) is 11.3. The van der Waals surface area contributed by atoms with Crippen molar-refractivity contribution in [3.05, 3.63) is 133 Å². The van der Waals surface area contributed by atoms with Gasteiger partial charge in [-0.2, -0.15) is 0 Å². The summed E-state index contributed by atoms with van der Waals surface area (Å²) in [6.07, 6.45) is 0.934. The Kier molecular flexibility index (Phi) is 7.88. The van der Waals surface area contributed by atoms with E-state index >= 15 is 0 Å². The summed E-state index contributed by atoms with van der Waals surface area (Å²) in [6.45, 7) is 3.88. The smallest absolute Gasteiger partial charge is 0.135 e. The van der Waals surface area contributed by atoms with Crippen LogP contribution < -0.4 is 18.9 Å². The van der Waals surface area contributed by atoms with E-state index in [1.807, 2.05) is 48.5 Å². The van der Waals surface area contributed by atoms with Gasteiger partial charge in [0.05, 0.1) is 0 Å². The Hall–Kier alpha value is -5.22. The number of benzene rings is 7. The molecule has 0 unspecified atom stereocenters. The van der Waals surface area contributed by atoms with E-state index in [1.165, 1.54) is 16.3 Å². The minimum atomic E-state index is 0.418. The molecule has 0 fully saturated rings. The van der Waals surface area contributed by atoms with E-state index in [1.54, 1.807) is 0 Å². The molecule has 0 saturated heterocycles. The summed E-state index contributed by atoms with van der Waals surface area (Å²) >= 11 is 0. The zero-order valence-corrected chi connectivity index (χ0v) is 24.8. The van der Waals surface area contributed by atoms with Crippen molar-refractivity contribution < 1.29 is 18.9 Å². The topological polar surface area (TPSA) is 36.9 Å². The molecule has 0 aliphatic rings. The highest BCUT2D eigenvalue weighted by atomic mass is 16.5. The van der Waals surface area contributed by atoms with Crippen molar-refractivity contribution in [3.8, 4) is 23.0 Å². The van der Waals surface area contributed by atoms with E-state index in [4.69, 9.17) is 18.9 Å². The summed E-state index contributed by atoms with van der Waals surface area (Å²) in [5.74, 6) is 3.38. The molecule has 44 heavy (non-hydrogen) atoms. The molecular formula is C40H34O4. The van der Waals surface area contributed by atoms with Crippen molar-refractivity contribution in [1.29, 1.82) is 0 Å². The van der Waals surface area contributed by atoms with E-state index < -0.39 is 0 Å². The highest BCUT2D eigenvalue weighted by Gasteiger charge is 2.17. The minimum Gasteiger partial charge on any atom is -0.490 e. The van der Waals surface area contributed by atoms with Crippen LogP contribution in [0.5, 0.6) is 23.0 Å². The van der Waals surface area contributed by atoms with Crippen molar-refractivity contribution in [2.45, 2.75) is 13.3 Å². The highest BCUT2D eigenvalue weighted by molar-refractivity contribution is 6.11. The van der Waals surface area contributed by atoms with E-state index in [0.29, 0.717) is 26.4 Å². The first-order valence-corrected chi connectivity index (χ1v) is 15.2. The molecule has 0 aliphatic heterocycles. The van der Waals surface area contributed by atoms with E-state index in [0.717, 1.165) is 61.7 Å². The SMILES string of the molecule is CCc1ccc2c(OCCOc3ccc4ccccc4c3)c3ccccc3c(OCCOc3ccc4ccccc4c3)c2c1. The number of aryl methyl sites for hydroxylation is 1. The zero-order chi connectivity index (χ0) is 29.7. The van der Waals surface area contributed by atoms with Gasteiger partial charge in [0.2, 0.25) is 0 Å². The van der Waals surface area contributed by atoms with Crippen LogP contribution in [-0.2, 0) is 6.42 Å². The van der Waals surface area contributed by atoms with Crippen LogP contribution in [0.15, 0.2) is 127 Å². The molecule has 0 bridgehead atoms. The molecule has 0 spiro atoms. The van der Waals surface area contributed by atoms with Crippen LogP contribution in [0.3, 0.4) is 0 Å². The number of fused-ring (bicyclic) bond motifs is 4. The monoisotopic (exact) mass is 578 g/mol. The van der Waals surface area contributed by atoms with Gasteiger partial charge in [0.1, 0.15) is 49.4 Å². The maximum atomic E-state index is 6.51. The Morgan fingerprint density at radius 3 is 1.39 bits per heavy atom. The lowest BCUT2D eigenvalue weighted by molar-refractivity contribution is 0.218. The fraction of sp³-hybridized carbons (Fsp3) is 0.150. The van der Waals surface area contributed by atoms with Gasteiger partial charge < -0.3 is 18.9 Å². The molecule has 7 rings (SSSR count). The molecule has 7 aromatic carbocycles. The third-order valence-corrected chi connectivity index (χ3v) is 8.04. The van der Waals surface area contributed by atoms with Crippen LogP contribution >= 0.6 is 0 Å². The van der Waals surface area contributed by atoms with Crippen LogP contribution in [0.2, 0.25) is 0 Å². The summed E-state index contributed by atoms with van der Waals surface area (Å²) in [6, 6.07) is 43.8. The third kappa shape index (κ3) is 5.71. The van der Waals surface area contributed by atoms with E-state index in [9.17, 15) is 0 Å². The Morgan fingerprint density at radius 2 is 0.841 bits per heavy atom. The van der Waals surface area contributed by atoms with Crippen molar-refractivity contribution in [2.75, 3.05) is 26.4 Å². The molecule has 0 heterocycles. The van der Waals surface area contributed by atoms with Crippen LogP contribution in [0.4, 0.5) is 0 Å². The van der Waals surface area contributed by atoms with Gasteiger partial charge in [-0.3, -0.25) is 0 Å². The molecule has 4 nitrogen and oxygen atoms in total. The molecule has 7 aromatic rings. The Morgan fingerprint density at radius 1 is 0.386 bits per heavy atom. The maximum Gasteiger partial charge on any atom is 0.135 e. The molecule has 0 N–H and O–H groups in total. The largest absolute Gasteiger partial charge is 0.490 e. The first-order chi connectivity index (χ1) is 21.8. The van der Waals surface area contributed by atoms with Crippen molar-refractivity contribution in [2.24, 2.45) is 0 Å². The molecule has 4 heteroatoms. The fourth-order valence-electron chi connectivity index (χ4n) is 5.80. The molecule has 0 aromatic heterocycles. The van der Waals surface area contributed by atoms with Crippen LogP contribution in [-0.4, -0.2) is 26.4 Å². The molecular weight excluding hydrogens is 544 g/mol. The Labute approximate surface area is 257 Å². The molecule has 0 atom stereocenters. The summed E-state index contributed by atoms with van der Waals surface area (Å²) in [5, 5.41) is 8.81. The zero-order valence-electron chi connectivity index (χ0n) is 24.8. The van der Waals surface area contributed by atoms with Crippen molar-refractivity contribution in [1.82, 2.24) is 0 Å². The first kappa shape index (κ1) is 27.6. The average molecular weight is 579 g/mol. The number of hydrogen-bond donors (Lipinski definition) is 0. The molecule has 0 amide bonds. The average Bonchev–Trinajstić information content (AvgIpc) is 3.08. The Balaban J connectivity index is 1.11. The van der Waals surface area contributed by atoms with Gasteiger partial charge in [-0.25, -0.2) is 0 Å². The van der Waals surface area contributed by atoms with E-state index in [-0.39, 0.29) is 0 Å². The summed E-state index contributed by atoms with van der Waals surface area (Å²) in [7, 11) is 0. The number of hydrogen-bond acceptors (Lipinski definition) is 4. The molecule has 218 valence electrons. The first-order valence-electron chi connectivity index (χ1n) is 15.2. The predicted octanol–water partition coefficient (Wildman–Crippen LogP) is 9.78. The van der Waals surface area contributed by atoms with Gasteiger partial charge in [-0.05, 0) is 63.9 Å². The standard InChI is InChI=1S/C40H34O4/c1-2-28-15-20-37-38(25-28)40(44-24-22-42-34-19-17-30-10-4-6-12-32(30)27-34)36-14-8-7-13-35(36)39(37)43-23-21-41-33-18-16-29-9-3-5-11-31(29)26-33/h3-20,25-27H,2,21-24H2,1H3. The lowest BCUT2D eigenvalue weighted by Gasteiger charge is -2.19. The van der Waals surface area contributed by atoms with Crippen molar-refractivity contribution in [3.63, 3.8) is 0 Å². The molecule has 0 aliphatic carbocycles. The lowest BCUT2D eigenvalue weighted by Crippen LogP contribution is -2.11. The van der Waals surface area contributed by atoms with Gasteiger partial charge in [0, 0.05) is 21.5 Å². The van der Waals surface area contributed by atoms with E-state index in [2.05, 4.69) is 85.8 Å². The van der Waals surface area contributed by atoms with Gasteiger partial charge in [0.25, 0.3) is 0 Å². The maximum absolute atomic E-state index is 6.51. The van der Waals surface area contributed by atoms with Crippen LogP contribution in [0, 0.1) is 0 Å². The second-order valence-corrected chi connectivity index (χ2v) is 10.8. The predicted molar refractivity (Wildman–Crippen MR) is 181 cm³/mol. The number of rotatable bonds is 11. The molecule has 0 saturated carbocycles. The summed E-state index contributed by atoms with van der Waals surface area (Å²) < 4.78 is 25.2. The number of ether oxygens (including phenoxy) is 4. The Bertz CT molecular complexity index is 2080. The third-order valence-electron chi connectivity index (χ3n) is 8.04. The second kappa shape index (κ2) is 12.6. The van der Waals surface area contributed by atoms with Crippen LogP contribution in [0.25, 0.3) is 43.1 Å². The minimum absolute atomic E-state index is 0.418. The van der Waals surface area contributed by atoms with Crippen molar-refractivity contribution >= 4 is 43.1 Å². The molecule has 0 radical (unpaired) electrons. The van der Waals surface area contributed by atoms with Gasteiger partial charge in [0.15, 0.2) is 0 Å². The van der Waals surface area contributed by atoms with Gasteiger partial charge >= 0.3 is 0 Å². The van der Waals surface area contributed by atoms with Gasteiger partial charge in [-0.15, -0.1) is 0 Å².